The van der Waals surface area contributed by atoms with Gasteiger partial charge >= 0.3 is 0 Å². The molecular formula is C20H21ClN2O5S. The van der Waals surface area contributed by atoms with E-state index in [0.29, 0.717) is 29.5 Å². The van der Waals surface area contributed by atoms with E-state index in [1.54, 1.807) is 36.4 Å². The summed E-state index contributed by atoms with van der Waals surface area (Å²) in [6.45, 7) is 1.27. The van der Waals surface area contributed by atoms with Gasteiger partial charge < -0.3 is 14.8 Å². The van der Waals surface area contributed by atoms with E-state index in [-0.39, 0.29) is 29.6 Å². The van der Waals surface area contributed by atoms with E-state index in [1.165, 1.54) is 29.6 Å². The highest BCUT2D eigenvalue weighted by Crippen LogP contribution is 2.29. The molecule has 0 aromatic heterocycles. The molecule has 29 heavy (non-hydrogen) atoms. The number of morpholine rings is 1. The first-order chi connectivity index (χ1) is 13.9. The zero-order valence-corrected chi connectivity index (χ0v) is 17.4. The third-order valence-corrected chi connectivity index (χ3v) is 6.45. The monoisotopic (exact) mass is 436 g/mol. The zero-order valence-electron chi connectivity index (χ0n) is 15.8. The predicted octanol–water partition coefficient (Wildman–Crippen LogP) is 3.02. The fourth-order valence-corrected chi connectivity index (χ4v) is 4.64. The van der Waals surface area contributed by atoms with Crippen LogP contribution in [0.3, 0.4) is 0 Å². The number of rotatable bonds is 6. The number of anilines is 1. The number of methoxy groups -OCH3 is 1. The van der Waals surface area contributed by atoms with Gasteiger partial charge in [-0.2, -0.15) is 4.31 Å². The minimum absolute atomic E-state index is 0.0549. The summed E-state index contributed by atoms with van der Waals surface area (Å²) in [6, 6.07) is 11.5. The number of halogens is 1. The molecule has 154 valence electrons. The highest BCUT2D eigenvalue weighted by atomic mass is 35.5. The van der Waals surface area contributed by atoms with Crippen LogP contribution in [0.5, 0.6) is 5.75 Å². The summed E-state index contributed by atoms with van der Waals surface area (Å²) >= 11 is 5.90. The van der Waals surface area contributed by atoms with Crippen molar-refractivity contribution in [3.8, 4) is 5.75 Å². The zero-order chi connectivity index (χ0) is 20.9. The lowest BCUT2D eigenvalue weighted by molar-refractivity contribution is -0.111. The summed E-state index contributed by atoms with van der Waals surface area (Å²) in [7, 11) is -2.32. The van der Waals surface area contributed by atoms with E-state index in [1.807, 2.05) is 0 Å². The van der Waals surface area contributed by atoms with Crippen molar-refractivity contribution in [2.75, 3.05) is 38.7 Å². The van der Waals surface area contributed by atoms with Crippen LogP contribution in [0.15, 0.2) is 53.4 Å². The van der Waals surface area contributed by atoms with Crippen molar-refractivity contribution in [2.24, 2.45) is 0 Å². The maximum absolute atomic E-state index is 13.0. The Morgan fingerprint density at radius 2 is 1.97 bits per heavy atom. The molecule has 1 saturated heterocycles. The van der Waals surface area contributed by atoms with E-state index in [2.05, 4.69) is 5.32 Å². The predicted molar refractivity (Wildman–Crippen MR) is 112 cm³/mol. The Labute approximate surface area is 174 Å². The average molecular weight is 437 g/mol. The lowest BCUT2D eigenvalue weighted by atomic mass is 10.2. The number of carbonyl (C=O) groups excluding carboxylic acids is 1. The van der Waals surface area contributed by atoms with Crippen LogP contribution >= 0.6 is 11.6 Å². The molecule has 1 N–H and O–H groups in total. The lowest BCUT2D eigenvalue weighted by Gasteiger charge is -2.26. The van der Waals surface area contributed by atoms with E-state index >= 15 is 0 Å². The van der Waals surface area contributed by atoms with Crippen molar-refractivity contribution >= 4 is 39.3 Å². The molecule has 2 aromatic rings. The molecule has 0 aliphatic carbocycles. The normalized spacial score (nSPS) is 15.4. The molecule has 1 fully saturated rings. The fourth-order valence-electron chi connectivity index (χ4n) is 2.85. The van der Waals surface area contributed by atoms with Crippen molar-refractivity contribution in [1.29, 1.82) is 0 Å². The highest BCUT2D eigenvalue weighted by molar-refractivity contribution is 7.89. The van der Waals surface area contributed by atoms with Crippen molar-refractivity contribution in [2.45, 2.75) is 4.90 Å². The topological polar surface area (TPSA) is 84.9 Å². The molecule has 0 atom stereocenters. The summed E-state index contributed by atoms with van der Waals surface area (Å²) in [6.07, 6.45) is 2.87. The number of sulfonamides is 1. The standard InChI is InChI=1S/C20H21ClN2O5S/c1-27-18-7-5-15(6-8-20(24)22-17-4-2-3-16(21)14-17)13-19(18)29(25,26)23-9-11-28-12-10-23/h2-8,13-14H,9-12H2,1H3,(H,22,24). The molecule has 3 rings (SSSR count). The molecule has 0 radical (unpaired) electrons. The molecule has 7 nitrogen and oxygen atoms in total. The van der Waals surface area contributed by atoms with E-state index in [9.17, 15) is 13.2 Å². The first-order valence-corrected chi connectivity index (χ1v) is 10.7. The number of nitrogens with one attached hydrogen (secondary N) is 1. The molecule has 0 unspecified atom stereocenters. The summed E-state index contributed by atoms with van der Waals surface area (Å²) in [5.74, 6) is -0.113. The van der Waals surface area contributed by atoms with Crippen molar-refractivity contribution in [1.82, 2.24) is 4.31 Å². The van der Waals surface area contributed by atoms with Gasteiger partial charge in [-0.15, -0.1) is 0 Å². The van der Waals surface area contributed by atoms with Crippen LogP contribution < -0.4 is 10.1 Å². The first-order valence-electron chi connectivity index (χ1n) is 8.91. The third kappa shape index (κ3) is 5.36. The second kappa shape index (κ2) is 9.41. The minimum atomic E-state index is -3.74. The molecule has 1 aliphatic heterocycles. The van der Waals surface area contributed by atoms with Crippen LogP contribution in [0, 0.1) is 0 Å². The van der Waals surface area contributed by atoms with Gasteiger partial charge in [0.1, 0.15) is 10.6 Å². The summed E-state index contributed by atoms with van der Waals surface area (Å²) < 4.78 is 37.8. The van der Waals surface area contributed by atoms with Crippen LogP contribution in [0.1, 0.15) is 5.56 Å². The Morgan fingerprint density at radius 3 is 2.66 bits per heavy atom. The largest absolute Gasteiger partial charge is 0.495 e. The summed E-state index contributed by atoms with van der Waals surface area (Å²) in [5, 5.41) is 3.21. The smallest absolute Gasteiger partial charge is 0.248 e. The van der Waals surface area contributed by atoms with Gasteiger partial charge in [-0.25, -0.2) is 8.42 Å². The SMILES string of the molecule is COc1ccc(C=CC(=O)Nc2cccc(Cl)c2)cc1S(=O)(=O)N1CCOCC1. The van der Waals surface area contributed by atoms with Crippen LogP contribution in [0.4, 0.5) is 5.69 Å². The van der Waals surface area contributed by atoms with Crippen LogP contribution in [0.2, 0.25) is 5.02 Å². The molecule has 0 spiro atoms. The van der Waals surface area contributed by atoms with E-state index < -0.39 is 10.0 Å². The van der Waals surface area contributed by atoms with Crippen LogP contribution in [-0.2, 0) is 19.6 Å². The fraction of sp³-hybridized carbons (Fsp3) is 0.250. The van der Waals surface area contributed by atoms with Gasteiger partial charge in [0, 0.05) is 29.9 Å². The second-order valence-electron chi connectivity index (χ2n) is 6.26. The quantitative estimate of drug-likeness (QED) is 0.703. The highest BCUT2D eigenvalue weighted by Gasteiger charge is 2.29. The Balaban J connectivity index is 1.80. The van der Waals surface area contributed by atoms with Gasteiger partial charge in [-0.3, -0.25) is 4.79 Å². The first kappa shape index (κ1) is 21.3. The third-order valence-electron chi connectivity index (χ3n) is 4.29. The van der Waals surface area contributed by atoms with Gasteiger partial charge in [0.25, 0.3) is 0 Å². The number of benzene rings is 2. The van der Waals surface area contributed by atoms with Gasteiger partial charge in [0.15, 0.2) is 0 Å². The van der Waals surface area contributed by atoms with Crippen LogP contribution in [0.25, 0.3) is 6.08 Å². The number of carbonyl (C=O) groups is 1. The van der Waals surface area contributed by atoms with Crippen LogP contribution in [-0.4, -0.2) is 52.0 Å². The van der Waals surface area contributed by atoms with Crippen molar-refractivity contribution < 1.29 is 22.7 Å². The summed E-state index contributed by atoms with van der Waals surface area (Å²) in [4.78, 5) is 12.2. The van der Waals surface area contributed by atoms with Gasteiger partial charge in [0.05, 0.1) is 20.3 Å². The van der Waals surface area contributed by atoms with Crippen molar-refractivity contribution in [3.63, 3.8) is 0 Å². The Kier molecular flexibility index (Phi) is 6.92. The second-order valence-corrected chi connectivity index (χ2v) is 8.60. The average Bonchev–Trinajstić information content (AvgIpc) is 2.72. The Morgan fingerprint density at radius 1 is 1.21 bits per heavy atom. The molecule has 1 amide bonds. The lowest BCUT2D eigenvalue weighted by Crippen LogP contribution is -2.40. The number of nitrogens with zero attached hydrogens (tertiary/aromatic N) is 1. The number of hydrogen-bond donors (Lipinski definition) is 1. The van der Waals surface area contributed by atoms with Gasteiger partial charge in [0.2, 0.25) is 15.9 Å². The van der Waals surface area contributed by atoms with E-state index in [4.69, 9.17) is 21.1 Å². The number of ether oxygens (including phenoxy) is 2. The molecule has 2 aromatic carbocycles. The molecule has 1 aliphatic rings. The van der Waals surface area contributed by atoms with Gasteiger partial charge in [-0.05, 0) is 42.0 Å². The minimum Gasteiger partial charge on any atom is -0.495 e. The Hall–Kier alpha value is -2.39. The number of hydrogen-bond acceptors (Lipinski definition) is 5. The Bertz CT molecular complexity index is 1020. The molecular weight excluding hydrogens is 416 g/mol. The maximum Gasteiger partial charge on any atom is 0.248 e. The van der Waals surface area contributed by atoms with Crippen molar-refractivity contribution in [3.05, 3.63) is 59.1 Å². The molecule has 9 heteroatoms. The summed E-state index contributed by atoms with van der Waals surface area (Å²) in [5.41, 5.74) is 1.12. The number of amides is 1. The van der Waals surface area contributed by atoms with E-state index in [0.717, 1.165) is 0 Å². The molecule has 1 heterocycles. The maximum atomic E-state index is 13.0. The molecule has 0 bridgehead atoms. The van der Waals surface area contributed by atoms with Gasteiger partial charge in [-0.1, -0.05) is 23.7 Å². The molecule has 0 saturated carbocycles.